The van der Waals surface area contributed by atoms with Gasteiger partial charge in [0.05, 0.1) is 0 Å². The third-order valence-electron chi connectivity index (χ3n) is 9.78. The van der Waals surface area contributed by atoms with E-state index in [1.807, 2.05) is 24.3 Å². The van der Waals surface area contributed by atoms with Gasteiger partial charge in [0.1, 0.15) is 0 Å². The summed E-state index contributed by atoms with van der Waals surface area (Å²) in [6.45, 7) is 0. The third-order valence-corrected chi connectivity index (χ3v) is 9.78. The quantitative estimate of drug-likeness (QED) is 0.177. The largest absolute Gasteiger partial charge is 0.289 e. The summed E-state index contributed by atoms with van der Waals surface area (Å²) in [6, 6.07) is 68.1. The van der Waals surface area contributed by atoms with Crippen molar-refractivity contribution in [2.24, 2.45) is 0 Å². The minimum atomic E-state index is 0.0729. The Labute approximate surface area is 292 Å². The molecule has 0 radical (unpaired) electrons. The molecule has 1 aliphatic carbocycles. The highest BCUT2D eigenvalue weighted by Gasteiger charge is 2.28. The maximum Gasteiger partial charge on any atom is 0.194 e. The first-order valence-corrected chi connectivity index (χ1v) is 17.0. The Morgan fingerprint density at radius 2 is 0.460 bits per heavy atom. The number of rotatable bonds is 6. The minimum absolute atomic E-state index is 0.0729. The Kier molecular flexibility index (Phi) is 7.37. The smallest absolute Gasteiger partial charge is 0.194 e. The Hall–Kier alpha value is -6.57. The molecule has 0 fully saturated rings. The molecular weight excluding hydrogens is 605 g/mol. The van der Waals surface area contributed by atoms with Gasteiger partial charge >= 0.3 is 0 Å². The fourth-order valence-corrected chi connectivity index (χ4v) is 7.22. The molecule has 0 unspecified atom stereocenters. The van der Waals surface area contributed by atoms with Crippen molar-refractivity contribution in [1.29, 1.82) is 0 Å². The number of hydrogen-bond acceptors (Lipinski definition) is 1. The molecule has 1 heteroatoms. The van der Waals surface area contributed by atoms with E-state index in [9.17, 15) is 4.79 Å². The van der Waals surface area contributed by atoms with Crippen molar-refractivity contribution >= 4 is 5.78 Å². The summed E-state index contributed by atoms with van der Waals surface area (Å²) in [5, 5.41) is 0. The van der Waals surface area contributed by atoms with Crippen molar-refractivity contribution < 1.29 is 4.79 Å². The highest BCUT2D eigenvalue weighted by atomic mass is 16.1. The van der Waals surface area contributed by atoms with Gasteiger partial charge in [-0.2, -0.15) is 0 Å². The number of ketones is 1. The molecule has 50 heavy (non-hydrogen) atoms. The molecule has 1 aliphatic rings. The van der Waals surface area contributed by atoms with Crippen molar-refractivity contribution in [3.8, 4) is 77.9 Å². The predicted molar refractivity (Wildman–Crippen MR) is 208 cm³/mol. The maximum absolute atomic E-state index is 14.2. The van der Waals surface area contributed by atoms with Crippen LogP contribution >= 0.6 is 0 Å². The van der Waals surface area contributed by atoms with Crippen LogP contribution in [0.3, 0.4) is 0 Å². The van der Waals surface area contributed by atoms with Gasteiger partial charge in [0.15, 0.2) is 5.78 Å². The van der Waals surface area contributed by atoms with E-state index in [0.717, 1.165) is 89.0 Å². The SMILES string of the molecule is O=C1c2cc(-c3cc(-c4ccccc4)cc(-c4ccccc4)c3)ccc2-c2ccc(-c3cc(-c4ccccc4)cc(-c4ccccc4)c3)cc21. The molecule has 8 aromatic carbocycles. The molecule has 1 nitrogen and oxygen atoms in total. The van der Waals surface area contributed by atoms with E-state index in [1.165, 1.54) is 0 Å². The molecule has 0 amide bonds. The van der Waals surface area contributed by atoms with E-state index in [4.69, 9.17) is 0 Å². The molecule has 0 saturated carbocycles. The van der Waals surface area contributed by atoms with Crippen molar-refractivity contribution in [3.05, 3.63) is 205 Å². The van der Waals surface area contributed by atoms with Gasteiger partial charge in [-0.05, 0) is 126 Å². The lowest BCUT2D eigenvalue weighted by Crippen LogP contribution is -1.96. The minimum Gasteiger partial charge on any atom is -0.289 e. The Morgan fingerprint density at radius 3 is 0.740 bits per heavy atom. The molecule has 0 aromatic heterocycles. The predicted octanol–water partition coefficient (Wildman–Crippen LogP) is 12.9. The van der Waals surface area contributed by atoms with Crippen molar-refractivity contribution in [2.75, 3.05) is 0 Å². The first kappa shape index (κ1) is 29.6. The van der Waals surface area contributed by atoms with E-state index in [2.05, 4.69) is 170 Å². The van der Waals surface area contributed by atoms with Gasteiger partial charge in [-0.3, -0.25) is 4.79 Å². The molecule has 234 valence electrons. The summed E-state index contributed by atoms with van der Waals surface area (Å²) >= 11 is 0. The van der Waals surface area contributed by atoms with Crippen LogP contribution in [0.5, 0.6) is 0 Å². The standard InChI is InChI=1S/C49H32O/c50-49-47-31-37(43-27-39(33-13-5-1-6-14-33)25-40(28-43)34-15-7-2-8-16-34)21-23-45(47)46-24-22-38(32-48(46)49)44-29-41(35-17-9-3-10-18-35)26-42(30-44)36-19-11-4-12-20-36/h1-32H. The lowest BCUT2D eigenvalue weighted by molar-refractivity contribution is 0.104. The summed E-state index contributed by atoms with van der Waals surface area (Å²) in [5.74, 6) is 0.0729. The second kappa shape index (κ2) is 12.5. The second-order valence-electron chi connectivity index (χ2n) is 12.9. The van der Waals surface area contributed by atoms with Gasteiger partial charge in [-0.1, -0.05) is 146 Å². The number of fused-ring (bicyclic) bond motifs is 3. The first-order valence-electron chi connectivity index (χ1n) is 17.0. The molecule has 9 rings (SSSR count). The zero-order valence-electron chi connectivity index (χ0n) is 27.4. The van der Waals surface area contributed by atoms with Crippen molar-refractivity contribution in [3.63, 3.8) is 0 Å². The molecule has 0 saturated heterocycles. The molecule has 0 spiro atoms. The zero-order chi connectivity index (χ0) is 33.4. The third kappa shape index (κ3) is 5.45. The lowest BCUT2D eigenvalue weighted by atomic mass is 9.92. The van der Waals surface area contributed by atoms with Gasteiger partial charge in [0.2, 0.25) is 0 Å². The molecule has 0 heterocycles. The molecule has 0 aliphatic heterocycles. The van der Waals surface area contributed by atoms with Gasteiger partial charge in [0.25, 0.3) is 0 Å². The summed E-state index contributed by atoms with van der Waals surface area (Å²) < 4.78 is 0. The first-order chi connectivity index (χ1) is 24.7. The average molecular weight is 637 g/mol. The molecule has 0 bridgehead atoms. The summed E-state index contributed by atoms with van der Waals surface area (Å²) in [4.78, 5) is 14.2. The van der Waals surface area contributed by atoms with Gasteiger partial charge in [-0.15, -0.1) is 0 Å². The average Bonchev–Trinajstić information content (AvgIpc) is 3.48. The summed E-state index contributed by atoms with van der Waals surface area (Å²) in [7, 11) is 0. The Balaban J connectivity index is 1.12. The van der Waals surface area contributed by atoms with E-state index in [0.29, 0.717) is 0 Å². The van der Waals surface area contributed by atoms with Crippen LogP contribution in [0.25, 0.3) is 77.9 Å². The molecule has 0 atom stereocenters. The maximum atomic E-state index is 14.2. The van der Waals surface area contributed by atoms with Crippen LogP contribution in [0.2, 0.25) is 0 Å². The Bertz CT molecular complexity index is 2220. The fraction of sp³-hybridized carbons (Fsp3) is 0. The monoisotopic (exact) mass is 636 g/mol. The summed E-state index contributed by atoms with van der Waals surface area (Å²) in [5.41, 5.74) is 17.0. The lowest BCUT2D eigenvalue weighted by Gasteiger charge is -2.12. The number of carbonyl (C=O) groups excluding carboxylic acids is 1. The van der Waals surface area contributed by atoms with Crippen molar-refractivity contribution in [2.45, 2.75) is 0 Å². The second-order valence-corrected chi connectivity index (χ2v) is 12.9. The Morgan fingerprint density at radius 1 is 0.200 bits per heavy atom. The van der Waals surface area contributed by atoms with Crippen LogP contribution in [0.4, 0.5) is 0 Å². The number of carbonyl (C=O) groups is 1. The van der Waals surface area contributed by atoms with Crippen LogP contribution in [0.1, 0.15) is 15.9 Å². The van der Waals surface area contributed by atoms with Crippen LogP contribution in [0, 0.1) is 0 Å². The molecule has 0 N–H and O–H groups in total. The number of benzene rings is 8. The van der Waals surface area contributed by atoms with Crippen LogP contribution in [-0.2, 0) is 0 Å². The summed E-state index contributed by atoms with van der Waals surface area (Å²) in [6.07, 6.45) is 0. The van der Waals surface area contributed by atoms with E-state index in [1.54, 1.807) is 0 Å². The van der Waals surface area contributed by atoms with Crippen LogP contribution in [0.15, 0.2) is 194 Å². The normalized spacial score (nSPS) is 11.6. The van der Waals surface area contributed by atoms with E-state index < -0.39 is 0 Å². The van der Waals surface area contributed by atoms with Crippen LogP contribution in [-0.4, -0.2) is 5.78 Å². The highest BCUT2D eigenvalue weighted by molar-refractivity contribution is 6.22. The zero-order valence-corrected chi connectivity index (χ0v) is 27.4. The highest BCUT2D eigenvalue weighted by Crippen LogP contribution is 2.42. The van der Waals surface area contributed by atoms with E-state index >= 15 is 0 Å². The molecule has 8 aromatic rings. The molecular formula is C49H32O. The number of hydrogen-bond donors (Lipinski definition) is 0. The van der Waals surface area contributed by atoms with Gasteiger partial charge in [-0.25, -0.2) is 0 Å². The van der Waals surface area contributed by atoms with Crippen molar-refractivity contribution in [1.82, 2.24) is 0 Å². The fourth-order valence-electron chi connectivity index (χ4n) is 7.22. The van der Waals surface area contributed by atoms with Gasteiger partial charge < -0.3 is 0 Å². The topological polar surface area (TPSA) is 17.1 Å². The van der Waals surface area contributed by atoms with E-state index in [-0.39, 0.29) is 5.78 Å². The van der Waals surface area contributed by atoms with Crippen LogP contribution < -0.4 is 0 Å². The van der Waals surface area contributed by atoms with Gasteiger partial charge in [0, 0.05) is 11.1 Å².